The van der Waals surface area contributed by atoms with Gasteiger partial charge in [-0.05, 0) is 24.1 Å². The molecule has 3 nitrogen and oxygen atoms in total. The highest BCUT2D eigenvalue weighted by Crippen LogP contribution is 2.06. The third-order valence-electron chi connectivity index (χ3n) is 2.12. The van der Waals surface area contributed by atoms with Crippen LogP contribution in [0.15, 0.2) is 24.3 Å². The minimum Gasteiger partial charge on any atom is -0.460 e. The number of methoxy groups -OCH3 is 1. The summed E-state index contributed by atoms with van der Waals surface area (Å²) in [4.78, 5) is 11.4. The van der Waals surface area contributed by atoms with Crippen molar-refractivity contribution in [2.75, 3.05) is 20.3 Å². The van der Waals surface area contributed by atoms with E-state index in [1.807, 2.05) is 12.1 Å². The first kappa shape index (κ1) is 11.7. The fourth-order valence-corrected chi connectivity index (χ4v) is 1.18. The Morgan fingerprint density at radius 2 is 1.87 bits per heavy atom. The van der Waals surface area contributed by atoms with E-state index in [4.69, 9.17) is 9.47 Å². The first-order valence-corrected chi connectivity index (χ1v) is 5.03. The van der Waals surface area contributed by atoms with Gasteiger partial charge in [0.05, 0.1) is 12.2 Å². The SMILES string of the molecule is CCc1ccc(C(=O)OCCOC)cc1. The van der Waals surface area contributed by atoms with Crippen LogP contribution < -0.4 is 0 Å². The summed E-state index contributed by atoms with van der Waals surface area (Å²) in [6, 6.07) is 7.45. The zero-order valence-electron chi connectivity index (χ0n) is 9.16. The lowest BCUT2D eigenvalue weighted by molar-refractivity contribution is 0.0388. The predicted octanol–water partition coefficient (Wildman–Crippen LogP) is 2.05. The van der Waals surface area contributed by atoms with E-state index in [2.05, 4.69) is 6.92 Å². The van der Waals surface area contributed by atoms with E-state index in [1.165, 1.54) is 5.56 Å². The van der Waals surface area contributed by atoms with Crippen molar-refractivity contribution in [1.82, 2.24) is 0 Å². The summed E-state index contributed by atoms with van der Waals surface area (Å²) in [5, 5.41) is 0. The molecular weight excluding hydrogens is 192 g/mol. The molecule has 0 saturated carbocycles. The van der Waals surface area contributed by atoms with Crippen LogP contribution in [0.25, 0.3) is 0 Å². The maximum absolute atomic E-state index is 11.4. The molecule has 0 aromatic heterocycles. The average molecular weight is 208 g/mol. The molecule has 1 aromatic rings. The fraction of sp³-hybridized carbons (Fsp3) is 0.417. The summed E-state index contributed by atoms with van der Waals surface area (Å²) in [7, 11) is 1.57. The van der Waals surface area contributed by atoms with Gasteiger partial charge in [-0.3, -0.25) is 0 Å². The highest BCUT2D eigenvalue weighted by molar-refractivity contribution is 5.89. The molecule has 0 fully saturated rings. The lowest BCUT2D eigenvalue weighted by Crippen LogP contribution is -2.09. The first-order valence-electron chi connectivity index (χ1n) is 5.03. The maximum atomic E-state index is 11.4. The number of esters is 1. The lowest BCUT2D eigenvalue weighted by atomic mass is 10.1. The van der Waals surface area contributed by atoms with E-state index in [0.717, 1.165) is 6.42 Å². The van der Waals surface area contributed by atoms with Crippen LogP contribution >= 0.6 is 0 Å². The summed E-state index contributed by atoms with van der Waals surface area (Å²) in [6.45, 7) is 2.80. The highest BCUT2D eigenvalue weighted by atomic mass is 16.6. The third-order valence-corrected chi connectivity index (χ3v) is 2.12. The van der Waals surface area contributed by atoms with Crippen molar-refractivity contribution in [1.29, 1.82) is 0 Å². The lowest BCUT2D eigenvalue weighted by Gasteiger charge is -2.04. The van der Waals surface area contributed by atoms with Gasteiger partial charge >= 0.3 is 5.97 Å². The van der Waals surface area contributed by atoms with Gasteiger partial charge < -0.3 is 9.47 Å². The Labute approximate surface area is 90.0 Å². The number of ether oxygens (including phenoxy) is 2. The van der Waals surface area contributed by atoms with Crippen LogP contribution in [0.1, 0.15) is 22.8 Å². The topological polar surface area (TPSA) is 35.5 Å². The molecular formula is C12H16O3. The zero-order chi connectivity index (χ0) is 11.1. The molecule has 82 valence electrons. The van der Waals surface area contributed by atoms with Gasteiger partial charge in [-0.2, -0.15) is 0 Å². The fourth-order valence-electron chi connectivity index (χ4n) is 1.18. The van der Waals surface area contributed by atoms with Crippen LogP contribution in [-0.2, 0) is 15.9 Å². The second kappa shape index (κ2) is 6.19. The normalized spacial score (nSPS) is 10.0. The molecule has 0 spiro atoms. The molecule has 0 aliphatic carbocycles. The van der Waals surface area contributed by atoms with Crippen LogP contribution in [0.5, 0.6) is 0 Å². The number of benzene rings is 1. The molecule has 15 heavy (non-hydrogen) atoms. The molecule has 1 rings (SSSR count). The summed E-state index contributed by atoms with van der Waals surface area (Å²) < 4.78 is 9.77. The number of hydrogen-bond donors (Lipinski definition) is 0. The summed E-state index contributed by atoms with van der Waals surface area (Å²) in [5.74, 6) is -0.297. The van der Waals surface area contributed by atoms with Crippen LogP contribution in [0, 0.1) is 0 Å². The molecule has 0 saturated heterocycles. The van der Waals surface area contributed by atoms with Gasteiger partial charge in [0.1, 0.15) is 6.61 Å². The van der Waals surface area contributed by atoms with Crippen LogP contribution in [0.3, 0.4) is 0 Å². The minimum atomic E-state index is -0.297. The van der Waals surface area contributed by atoms with Crippen molar-refractivity contribution in [3.8, 4) is 0 Å². The second-order valence-electron chi connectivity index (χ2n) is 3.18. The van der Waals surface area contributed by atoms with Crippen molar-refractivity contribution >= 4 is 5.97 Å². The second-order valence-corrected chi connectivity index (χ2v) is 3.18. The number of aryl methyl sites for hydroxylation is 1. The smallest absolute Gasteiger partial charge is 0.338 e. The number of hydrogen-bond acceptors (Lipinski definition) is 3. The molecule has 3 heteroatoms. The Morgan fingerprint density at radius 1 is 1.20 bits per heavy atom. The Kier molecular flexibility index (Phi) is 4.84. The minimum absolute atomic E-state index is 0.296. The highest BCUT2D eigenvalue weighted by Gasteiger charge is 2.05. The maximum Gasteiger partial charge on any atom is 0.338 e. The molecule has 0 aliphatic heterocycles. The van der Waals surface area contributed by atoms with Gasteiger partial charge in [0.15, 0.2) is 0 Å². The van der Waals surface area contributed by atoms with Crippen LogP contribution in [0.2, 0.25) is 0 Å². The summed E-state index contributed by atoms with van der Waals surface area (Å²) in [6.07, 6.45) is 0.971. The molecule has 0 atom stereocenters. The Balaban J connectivity index is 2.50. The molecule has 0 amide bonds. The van der Waals surface area contributed by atoms with Crippen molar-refractivity contribution in [3.63, 3.8) is 0 Å². The number of rotatable bonds is 5. The summed E-state index contributed by atoms with van der Waals surface area (Å²) >= 11 is 0. The molecule has 0 heterocycles. The number of carbonyl (C=O) groups is 1. The molecule has 1 aromatic carbocycles. The van der Waals surface area contributed by atoms with E-state index >= 15 is 0 Å². The van der Waals surface area contributed by atoms with Gasteiger partial charge in [0, 0.05) is 7.11 Å². The Hall–Kier alpha value is -1.35. The van der Waals surface area contributed by atoms with Crippen molar-refractivity contribution in [2.24, 2.45) is 0 Å². The van der Waals surface area contributed by atoms with Gasteiger partial charge in [-0.1, -0.05) is 19.1 Å². The Morgan fingerprint density at radius 3 is 2.40 bits per heavy atom. The van der Waals surface area contributed by atoms with E-state index in [-0.39, 0.29) is 5.97 Å². The van der Waals surface area contributed by atoms with E-state index in [9.17, 15) is 4.79 Å². The van der Waals surface area contributed by atoms with E-state index in [1.54, 1.807) is 19.2 Å². The van der Waals surface area contributed by atoms with Crippen molar-refractivity contribution < 1.29 is 14.3 Å². The standard InChI is InChI=1S/C12H16O3/c1-3-10-4-6-11(7-5-10)12(13)15-9-8-14-2/h4-7H,3,8-9H2,1-2H3. The van der Waals surface area contributed by atoms with Crippen molar-refractivity contribution in [2.45, 2.75) is 13.3 Å². The van der Waals surface area contributed by atoms with Crippen LogP contribution in [0.4, 0.5) is 0 Å². The van der Waals surface area contributed by atoms with Gasteiger partial charge in [-0.15, -0.1) is 0 Å². The molecule has 0 radical (unpaired) electrons. The molecule has 0 unspecified atom stereocenters. The average Bonchev–Trinajstić information content (AvgIpc) is 2.29. The predicted molar refractivity (Wildman–Crippen MR) is 58.0 cm³/mol. The van der Waals surface area contributed by atoms with E-state index in [0.29, 0.717) is 18.8 Å². The zero-order valence-corrected chi connectivity index (χ0v) is 9.16. The molecule has 0 aliphatic rings. The quantitative estimate of drug-likeness (QED) is 0.548. The Bertz CT molecular complexity index is 303. The first-order chi connectivity index (χ1) is 7.27. The van der Waals surface area contributed by atoms with Gasteiger partial charge in [0.25, 0.3) is 0 Å². The molecule has 0 N–H and O–H groups in total. The van der Waals surface area contributed by atoms with Crippen LogP contribution in [-0.4, -0.2) is 26.3 Å². The molecule has 0 bridgehead atoms. The van der Waals surface area contributed by atoms with Gasteiger partial charge in [-0.25, -0.2) is 4.79 Å². The number of carbonyl (C=O) groups excluding carboxylic acids is 1. The summed E-state index contributed by atoms with van der Waals surface area (Å²) in [5.41, 5.74) is 1.80. The monoisotopic (exact) mass is 208 g/mol. The third kappa shape index (κ3) is 3.72. The van der Waals surface area contributed by atoms with E-state index < -0.39 is 0 Å². The van der Waals surface area contributed by atoms with Gasteiger partial charge in [0.2, 0.25) is 0 Å². The van der Waals surface area contributed by atoms with Crippen molar-refractivity contribution in [3.05, 3.63) is 35.4 Å². The largest absolute Gasteiger partial charge is 0.460 e.